The predicted octanol–water partition coefficient (Wildman–Crippen LogP) is 3.68. The van der Waals surface area contributed by atoms with Crippen LogP contribution in [-0.2, 0) is 14.3 Å². The zero-order valence-electron chi connectivity index (χ0n) is 15.9. The molecule has 2 saturated carbocycles. The van der Waals surface area contributed by atoms with Crippen molar-refractivity contribution >= 4 is 5.97 Å². The van der Waals surface area contributed by atoms with Gasteiger partial charge in [-0.2, -0.15) is 0 Å². The average Bonchev–Trinajstić information content (AvgIpc) is 2.90. The van der Waals surface area contributed by atoms with E-state index in [1.165, 1.54) is 0 Å². The van der Waals surface area contributed by atoms with Crippen LogP contribution < -0.4 is 0 Å². The number of aliphatic hydroxyl groups is 1. The Bertz CT molecular complexity index is 562. The van der Waals surface area contributed by atoms with Gasteiger partial charge in [-0.25, -0.2) is 4.79 Å². The number of fused-ring (bicyclic) bond motifs is 3. The summed E-state index contributed by atoms with van der Waals surface area (Å²) in [6, 6.07) is 0. The number of hydrogen-bond donors (Lipinski definition) is 1. The molecule has 1 N–H and O–H groups in total. The Balaban J connectivity index is 2.04. The Morgan fingerprint density at radius 2 is 1.88 bits per heavy atom. The Kier molecular flexibility index (Phi) is 4.16. The lowest BCUT2D eigenvalue weighted by Gasteiger charge is -2.59. The highest BCUT2D eigenvalue weighted by molar-refractivity contribution is 5.82. The second-order valence-electron chi connectivity index (χ2n) is 9.35. The number of carbonyl (C=O) groups excluding carboxylic acids is 1. The van der Waals surface area contributed by atoms with Crippen LogP contribution in [0.2, 0.25) is 0 Å². The van der Waals surface area contributed by atoms with E-state index in [1.54, 1.807) is 6.08 Å². The molecule has 4 heteroatoms. The van der Waals surface area contributed by atoms with Gasteiger partial charge in [0, 0.05) is 23.3 Å². The molecule has 24 heavy (non-hydrogen) atoms. The van der Waals surface area contributed by atoms with Gasteiger partial charge in [-0.05, 0) is 37.5 Å². The van der Waals surface area contributed by atoms with Crippen molar-refractivity contribution in [2.24, 2.45) is 28.1 Å². The van der Waals surface area contributed by atoms with Crippen molar-refractivity contribution in [2.45, 2.75) is 73.2 Å². The smallest absolute Gasteiger partial charge is 0.330 e. The fraction of sp³-hybridized carbons (Fsp3) is 0.850. The molecule has 3 aliphatic rings. The third-order valence-corrected chi connectivity index (χ3v) is 7.65. The normalized spacial score (nSPS) is 46.1. The van der Waals surface area contributed by atoms with E-state index in [2.05, 4.69) is 27.7 Å². The highest BCUT2D eigenvalue weighted by atomic mass is 16.6. The Labute approximate surface area is 145 Å². The molecule has 0 aromatic heterocycles. The topological polar surface area (TPSA) is 55.8 Å². The van der Waals surface area contributed by atoms with E-state index < -0.39 is 6.29 Å². The minimum absolute atomic E-state index is 0.0160. The van der Waals surface area contributed by atoms with E-state index in [4.69, 9.17) is 9.47 Å². The maximum atomic E-state index is 12.4. The SMILES string of the molecule is CC(C)=CC(=O)O[C@@H]1[C@H]2CO[C@H](O)[C@H]2[C@]2(C)C(C)(C)CCC[C@]12C. The van der Waals surface area contributed by atoms with Crippen LogP contribution >= 0.6 is 0 Å². The molecule has 6 atom stereocenters. The number of aliphatic hydroxyl groups excluding tert-OH is 1. The summed E-state index contributed by atoms with van der Waals surface area (Å²) in [6.45, 7) is 13.4. The third kappa shape index (κ3) is 2.22. The summed E-state index contributed by atoms with van der Waals surface area (Å²) in [5.74, 6) is -0.182. The molecule has 0 bridgehead atoms. The van der Waals surface area contributed by atoms with Crippen molar-refractivity contribution in [3.63, 3.8) is 0 Å². The third-order valence-electron chi connectivity index (χ3n) is 7.65. The zero-order valence-corrected chi connectivity index (χ0v) is 15.9. The molecule has 3 fully saturated rings. The van der Waals surface area contributed by atoms with Crippen molar-refractivity contribution in [1.82, 2.24) is 0 Å². The van der Waals surface area contributed by atoms with Crippen LogP contribution in [0.1, 0.15) is 60.8 Å². The Hall–Kier alpha value is -0.870. The van der Waals surface area contributed by atoms with Crippen LogP contribution in [0, 0.1) is 28.1 Å². The first-order valence-electron chi connectivity index (χ1n) is 9.20. The van der Waals surface area contributed by atoms with Crippen LogP contribution in [-0.4, -0.2) is 30.1 Å². The molecule has 136 valence electrons. The second-order valence-corrected chi connectivity index (χ2v) is 9.35. The van der Waals surface area contributed by atoms with Gasteiger partial charge in [0.2, 0.25) is 0 Å². The summed E-state index contributed by atoms with van der Waals surface area (Å²) < 4.78 is 11.6. The maximum absolute atomic E-state index is 12.4. The largest absolute Gasteiger partial charge is 0.458 e. The molecule has 0 spiro atoms. The lowest BCUT2D eigenvalue weighted by atomic mass is 9.46. The number of rotatable bonds is 2. The highest BCUT2D eigenvalue weighted by Crippen LogP contribution is 2.73. The number of carbonyl (C=O) groups is 1. The Morgan fingerprint density at radius 1 is 1.21 bits per heavy atom. The fourth-order valence-electron chi connectivity index (χ4n) is 6.16. The molecule has 1 saturated heterocycles. The van der Waals surface area contributed by atoms with E-state index >= 15 is 0 Å². The fourth-order valence-corrected chi connectivity index (χ4v) is 6.16. The van der Waals surface area contributed by atoms with Gasteiger partial charge in [-0.3, -0.25) is 0 Å². The van der Waals surface area contributed by atoms with Crippen LogP contribution in [0.4, 0.5) is 0 Å². The molecule has 0 amide bonds. The first-order chi connectivity index (χ1) is 11.0. The molecule has 0 unspecified atom stereocenters. The molecule has 0 radical (unpaired) electrons. The van der Waals surface area contributed by atoms with E-state index in [-0.39, 0.29) is 40.2 Å². The number of allylic oxidation sites excluding steroid dienone is 1. The molecular weight excluding hydrogens is 304 g/mol. The van der Waals surface area contributed by atoms with E-state index in [1.807, 2.05) is 13.8 Å². The summed E-state index contributed by atoms with van der Waals surface area (Å²) in [6.07, 6.45) is 3.89. The van der Waals surface area contributed by atoms with Gasteiger partial charge in [0.15, 0.2) is 6.29 Å². The van der Waals surface area contributed by atoms with E-state index in [0.29, 0.717) is 6.61 Å². The summed E-state index contributed by atoms with van der Waals surface area (Å²) in [4.78, 5) is 12.4. The molecule has 3 rings (SSSR count). The number of ether oxygens (including phenoxy) is 2. The van der Waals surface area contributed by atoms with Gasteiger partial charge in [0.1, 0.15) is 6.10 Å². The van der Waals surface area contributed by atoms with Crippen molar-refractivity contribution in [1.29, 1.82) is 0 Å². The van der Waals surface area contributed by atoms with Crippen molar-refractivity contribution < 1.29 is 19.4 Å². The zero-order chi connectivity index (χ0) is 17.9. The minimum Gasteiger partial charge on any atom is -0.458 e. The van der Waals surface area contributed by atoms with Gasteiger partial charge in [-0.1, -0.05) is 39.7 Å². The quantitative estimate of drug-likeness (QED) is 0.617. The lowest BCUT2D eigenvalue weighted by Crippen LogP contribution is -2.56. The van der Waals surface area contributed by atoms with Gasteiger partial charge in [-0.15, -0.1) is 0 Å². The molecular formula is C20H32O4. The monoisotopic (exact) mass is 336 g/mol. The first-order valence-corrected chi connectivity index (χ1v) is 9.20. The van der Waals surface area contributed by atoms with Crippen LogP contribution in [0.5, 0.6) is 0 Å². The average molecular weight is 336 g/mol. The summed E-state index contributed by atoms with van der Waals surface area (Å²) in [7, 11) is 0. The molecule has 2 aliphatic carbocycles. The molecule has 1 heterocycles. The number of hydrogen-bond acceptors (Lipinski definition) is 4. The van der Waals surface area contributed by atoms with Crippen LogP contribution in [0.15, 0.2) is 11.6 Å². The van der Waals surface area contributed by atoms with Crippen LogP contribution in [0.25, 0.3) is 0 Å². The van der Waals surface area contributed by atoms with Gasteiger partial charge in [0.05, 0.1) is 6.61 Å². The first kappa shape index (κ1) is 17.9. The van der Waals surface area contributed by atoms with Crippen LogP contribution in [0.3, 0.4) is 0 Å². The minimum atomic E-state index is -0.760. The molecule has 4 nitrogen and oxygen atoms in total. The lowest BCUT2D eigenvalue weighted by molar-refractivity contribution is -0.193. The van der Waals surface area contributed by atoms with E-state index in [9.17, 15) is 9.90 Å². The second kappa shape index (κ2) is 5.57. The summed E-state index contributed by atoms with van der Waals surface area (Å²) in [5, 5.41) is 10.6. The molecule has 0 aromatic carbocycles. The summed E-state index contributed by atoms with van der Waals surface area (Å²) in [5.41, 5.74) is 0.735. The van der Waals surface area contributed by atoms with Crippen molar-refractivity contribution in [3.8, 4) is 0 Å². The van der Waals surface area contributed by atoms with Crippen molar-refractivity contribution in [3.05, 3.63) is 11.6 Å². The Morgan fingerprint density at radius 3 is 2.50 bits per heavy atom. The van der Waals surface area contributed by atoms with Gasteiger partial charge < -0.3 is 14.6 Å². The van der Waals surface area contributed by atoms with Crippen molar-refractivity contribution in [2.75, 3.05) is 6.61 Å². The summed E-state index contributed by atoms with van der Waals surface area (Å²) >= 11 is 0. The maximum Gasteiger partial charge on any atom is 0.330 e. The highest BCUT2D eigenvalue weighted by Gasteiger charge is 2.74. The molecule has 1 aliphatic heterocycles. The van der Waals surface area contributed by atoms with Gasteiger partial charge >= 0.3 is 5.97 Å². The predicted molar refractivity (Wildman–Crippen MR) is 92.1 cm³/mol. The number of esters is 1. The molecule has 0 aromatic rings. The standard InChI is InChI=1S/C20H32O4/c1-12(2)10-14(21)24-16-13-11-23-17(22)15(13)20(6)18(3,4)8-7-9-19(16,20)5/h10,13,15-17,22H,7-9,11H2,1-6H3/t13-,15-,16+,17-,19+,20+/m0/s1. The van der Waals surface area contributed by atoms with Gasteiger partial charge in [0.25, 0.3) is 0 Å². The van der Waals surface area contributed by atoms with E-state index in [0.717, 1.165) is 24.8 Å².